The van der Waals surface area contributed by atoms with E-state index in [1.54, 1.807) is 0 Å². The molecule has 1 fully saturated rings. The highest BCUT2D eigenvalue weighted by Crippen LogP contribution is 2.17. The molecule has 0 saturated carbocycles. The molecule has 0 aromatic carbocycles. The molecule has 1 aromatic rings. The molecule has 106 valence electrons. The fraction of sp³-hybridized carbons (Fsp3) is 0.692. The Morgan fingerprint density at radius 2 is 2.37 bits per heavy atom. The summed E-state index contributed by atoms with van der Waals surface area (Å²) in [6.45, 7) is 7.81. The summed E-state index contributed by atoms with van der Waals surface area (Å²) in [7, 11) is 2.01. The minimum atomic E-state index is 0.199. The molecule has 1 unspecified atom stereocenters. The molecule has 6 nitrogen and oxygen atoms in total. The standard InChI is InChI=1S/C13H22N4O2/c1-4-18-13-7-12(15-10(2)16-13)17(3)9-11-8-14-5-6-19-11/h7,11,14H,4-6,8-9H2,1-3H3. The molecule has 2 rings (SSSR count). The van der Waals surface area contributed by atoms with Gasteiger partial charge in [-0.25, -0.2) is 4.98 Å². The molecule has 1 aliphatic rings. The molecule has 0 amide bonds. The molecule has 1 saturated heterocycles. The van der Waals surface area contributed by atoms with Crippen LogP contribution < -0.4 is 15.0 Å². The number of nitrogens with one attached hydrogen (secondary N) is 1. The highest BCUT2D eigenvalue weighted by molar-refractivity contribution is 5.41. The molecule has 1 aliphatic heterocycles. The molecule has 19 heavy (non-hydrogen) atoms. The maximum Gasteiger partial charge on any atom is 0.218 e. The first-order valence-corrected chi connectivity index (χ1v) is 6.71. The van der Waals surface area contributed by atoms with E-state index in [4.69, 9.17) is 9.47 Å². The van der Waals surface area contributed by atoms with Crippen LogP contribution in [0.5, 0.6) is 5.88 Å². The Kier molecular flexibility index (Phi) is 4.93. The van der Waals surface area contributed by atoms with Crippen LogP contribution in [0.3, 0.4) is 0 Å². The van der Waals surface area contributed by atoms with Crippen molar-refractivity contribution in [2.45, 2.75) is 20.0 Å². The second-order valence-corrected chi connectivity index (χ2v) is 4.62. The summed E-state index contributed by atoms with van der Waals surface area (Å²) in [5.74, 6) is 2.21. The Bertz CT molecular complexity index is 408. The van der Waals surface area contributed by atoms with Crippen molar-refractivity contribution in [2.24, 2.45) is 0 Å². The first-order valence-electron chi connectivity index (χ1n) is 6.71. The number of likely N-dealkylation sites (N-methyl/N-ethyl adjacent to an activating group) is 1. The second kappa shape index (κ2) is 6.68. The Balaban J connectivity index is 2.02. The highest BCUT2D eigenvalue weighted by Gasteiger charge is 2.17. The Hall–Kier alpha value is -1.40. The number of hydrogen-bond donors (Lipinski definition) is 1. The fourth-order valence-corrected chi connectivity index (χ4v) is 2.08. The summed E-state index contributed by atoms with van der Waals surface area (Å²) >= 11 is 0. The zero-order chi connectivity index (χ0) is 13.7. The van der Waals surface area contributed by atoms with Gasteiger partial charge in [0.05, 0.1) is 19.3 Å². The Morgan fingerprint density at radius 1 is 1.53 bits per heavy atom. The molecule has 6 heteroatoms. The van der Waals surface area contributed by atoms with Gasteiger partial charge in [0.25, 0.3) is 0 Å². The van der Waals surface area contributed by atoms with Crippen LogP contribution >= 0.6 is 0 Å². The Morgan fingerprint density at radius 3 is 3.05 bits per heavy atom. The van der Waals surface area contributed by atoms with E-state index in [1.807, 2.05) is 27.0 Å². The van der Waals surface area contributed by atoms with Crippen LogP contribution in [0.2, 0.25) is 0 Å². The van der Waals surface area contributed by atoms with E-state index in [2.05, 4.69) is 20.2 Å². The van der Waals surface area contributed by atoms with Crippen molar-refractivity contribution in [3.05, 3.63) is 11.9 Å². The van der Waals surface area contributed by atoms with Crippen molar-refractivity contribution >= 4 is 5.82 Å². The van der Waals surface area contributed by atoms with Crippen LogP contribution in [0.4, 0.5) is 5.82 Å². The minimum absolute atomic E-state index is 0.199. The van der Waals surface area contributed by atoms with Crippen molar-refractivity contribution < 1.29 is 9.47 Å². The van der Waals surface area contributed by atoms with Gasteiger partial charge in [-0.1, -0.05) is 0 Å². The molecular formula is C13H22N4O2. The van der Waals surface area contributed by atoms with Gasteiger partial charge in [-0.05, 0) is 13.8 Å². The van der Waals surface area contributed by atoms with E-state index in [9.17, 15) is 0 Å². The molecule has 0 bridgehead atoms. The average Bonchev–Trinajstić information content (AvgIpc) is 2.39. The quantitative estimate of drug-likeness (QED) is 0.842. The van der Waals surface area contributed by atoms with E-state index in [-0.39, 0.29) is 6.10 Å². The number of aryl methyl sites for hydroxylation is 1. The molecule has 2 heterocycles. The van der Waals surface area contributed by atoms with Crippen molar-refractivity contribution in [3.8, 4) is 5.88 Å². The lowest BCUT2D eigenvalue weighted by atomic mass is 10.3. The average molecular weight is 266 g/mol. The van der Waals surface area contributed by atoms with Gasteiger partial charge in [0.2, 0.25) is 5.88 Å². The van der Waals surface area contributed by atoms with Crippen molar-refractivity contribution in [1.82, 2.24) is 15.3 Å². The van der Waals surface area contributed by atoms with Gasteiger partial charge in [-0.15, -0.1) is 0 Å². The van der Waals surface area contributed by atoms with Crippen LogP contribution in [-0.4, -0.2) is 56.0 Å². The van der Waals surface area contributed by atoms with Crippen LogP contribution in [0.15, 0.2) is 6.07 Å². The second-order valence-electron chi connectivity index (χ2n) is 4.62. The molecule has 0 spiro atoms. The lowest BCUT2D eigenvalue weighted by Gasteiger charge is -2.28. The summed E-state index contributed by atoms with van der Waals surface area (Å²) in [6, 6.07) is 1.87. The van der Waals surface area contributed by atoms with Crippen molar-refractivity contribution in [1.29, 1.82) is 0 Å². The van der Waals surface area contributed by atoms with Crippen LogP contribution in [0.25, 0.3) is 0 Å². The number of rotatable bonds is 5. The van der Waals surface area contributed by atoms with Gasteiger partial charge in [-0.2, -0.15) is 4.98 Å². The largest absolute Gasteiger partial charge is 0.478 e. The first kappa shape index (κ1) is 14.0. The normalized spacial score (nSPS) is 19.2. The van der Waals surface area contributed by atoms with Gasteiger partial charge in [-0.3, -0.25) is 0 Å². The van der Waals surface area contributed by atoms with E-state index in [1.165, 1.54) is 0 Å². The summed E-state index contributed by atoms with van der Waals surface area (Å²) < 4.78 is 11.1. The number of anilines is 1. The summed E-state index contributed by atoms with van der Waals surface area (Å²) in [5, 5.41) is 3.33. The molecule has 0 radical (unpaired) electrons. The van der Waals surface area contributed by atoms with Gasteiger partial charge in [0, 0.05) is 32.7 Å². The zero-order valence-electron chi connectivity index (χ0n) is 11.8. The number of ether oxygens (including phenoxy) is 2. The third-order valence-corrected chi connectivity index (χ3v) is 2.97. The van der Waals surface area contributed by atoms with Crippen molar-refractivity contribution in [3.63, 3.8) is 0 Å². The van der Waals surface area contributed by atoms with Crippen LogP contribution in [0, 0.1) is 6.92 Å². The van der Waals surface area contributed by atoms with Crippen LogP contribution in [-0.2, 0) is 4.74 Å². The molecule has 1 atom stereocenters. The number of aromatic nitrogens is 2. The zero-order valence-corrected chi connectivity index (χ0v) is 11.8. The van der Waals surface area contributed by atoms with E-state index in [0.717, 1.165) is 37.9 Å². The van der Waals surface area contributed by atoms with Gasteiger partial charge >= 0.3 is 0 Å². The monoisotopic (exact) mass is 266 g/mol. The lowest BCUT2D eigenvalue weighted by molar-refractivity contribution is 0.0339. The van der Waals surface area contributed by atoms with E-state index >= 15 is 0 Å². The molecular weight excluding hydrogens is 244 g/mol. The fourth-order valence-electron chi connectivity index (χ4n) is 2.08. The predicted octanol–water partition coefficient (Wildman–Crippen LogP) is 0.608. The maximum absolute atomic E-state index is 5.70. The van der Waals surface area contributed by atoms with Gasteiger partial charge in [0.15, 0.2) is 0 Å². The topological polar surface area (TPSA) is 59.5 Å². The first-order chi connectivity index (χ1) is 9.19. The summed E-state index contributed by atoms with van der Waals surface area (Å²) in [5.41, 5.74) is 0. The number of hydrogen-bond acceptors (Lipinski definition) is 6. The minimum Gasteiger partial charge on any atom is -0.478 e. The third-order valence-electron chi connectivity index (χ3n) is 2.97. The highest BCUT2D eigenvalue weighted by atomic mass is 16.5. The molecule has 1 aromatic heterocycles. The maximum atomic E-state index is 5.70. The Labute approximate surface area is 114 Å². The van der Waals surface area contributed by atoms with Crippen molar-refractivity contribution in [2.75, 3.05) is 44.8 Å². The SMILES string of the molecule is CCOc1cc(N(C)CC2CNCCO2)nc(C)n1. The number of morpholine rings is 1. The molecule has 0 aliphatic carbocycles. The lowest BCUT2D eigenvalue weighted by Crippen LogP contribution is -2.44. The van der Waals surface area contributed by atoms with E-state index < -0.39 is 0 Å². The van der Waals surface area contributed by atoms with Crippen LogP contribution in [0.1, 0.15) is 12.7 Å². The number of nitrogens with zero attached hydrogens (tertiary/aromatic N) is 3. The van der Waals surface area contributed by atoms with Gasteiger partial charge in [0.1, 0.15) is 11.6 Å². The summed E-state index contributed by atoms with van der Waals surface area (Å²) in [6.07, 6.45) is 0.199. The molecule has 1 N–H and O–H groups in total. The smallest absolute Gasteiger partial charge is 0.218 e. The summed E-state index contributed by atoms with van der Waals surface area (Å²) in [4.78, 5) is 10.8. The third kappa shape index (κ3) is 4.04. The van der Waals surface area contributed by atoms with E-state index in [0.29, 0.717) is 12.5 Å². The predicted molar refractivity (Wildman–Crippen MR) is 73.8 cm³/mol. The van der Waals surface area contributed by atoms with Gasteiger partial charge < -0.3 is 19.7 Å².